The normalized spacial score (nSPS) is 11.7. The van der Waals surface area contributed by atoms with E-state index in [1.165, 1.54) is 10.6 Å². The van der Waals surface area contributed by atoms with E-state index in [0.29, 0.717) is 12.8 Å². The summed E-state index contributed by atoms with van der Waals surface area (Å²) in [5.74, 6) is -4.44. The van der Waals surface area contributed by atoms with Crippen LogP contribution < -0.4 is 10.6 Å². The quantitative estimate of drug-likeness (QED) is 0.459. The molecule has 0 spiro atoms. The van der Waals surface area contributed by atoms with Crippen LogP contribution in [0.3, 0.4) is 0 Å². The summed E-state index contributed by atoms with van der Waals surface area (Å²) in [6.07, 6.45) is -9.99. The zero-order valence-corrected chi connectivity index (χ0v) is 13.8. The molecule has 3 amide bonds. The van der Waals surface area contributed by atoms with E-state index in [9.17, 15) is 40.7 Å². The van der Waals surface area contributed by atoms with Gasteiger partial charge in [-0.1, -0.05) is 13.3 Å². The van der Waals surface area contributed by atoms with E-state index in [1.54, 1.807) is 0 Å². The first kappa shape index (κ1) is 23.8. The Kier molecular flexibility index (Phi) is 9.80. The van der Waals surface area contributed by atoms with Crippen LogP contribution in [-0.2, 0) is 14.3 Å². The van der Waals surface area contributed by atoms with Crippen LogP contribution in [0.4, 0.5) is 31.1 Å². The summed E-state index contributed by atoms with van der Waals surface area (Å²) in [7, 11) is 0. The molecule has 0 aliphatic heterocycles. The molecule has 0 fully saturated rings. The maximum atomic E-state index is 12.1. The fourth-order valence-corrected chi connectivity index (χ4v) is 1.50. The van der Waals surface area contributed by atoms with Gasteiger partial charge in [-0.25, -0.2) is 4.79 Å². The topological polar surface area (TPSA) is 87.7 Å². The maximum Gasteiger partial charge on any atom is 0.471 e. The summed E-state index contributed by atoms with van der Waals surface area (Å²) in [5.41, 5.74) is 0. The highest BCUT2D eigenvalue weighted by Crippen LogP contribution is 2.14. The van der Waals surface area contributed by atoms with Crippen molar-refractivity contribution in [2.45, 2.75) is 32.1 Å². The van der Waals surface area contributed by atoms with Gasteiger partial charge >= 0.3 is 30.3 Å². The molecule has 0 aliphatic carbocycles. The molecule has 2 N–H and O–H groups in total. The number of carbonyl (C=O) groups is 3. The summed E-state index contributed by atoms with van der Waals surface area (Å²) >= 11 is 0. The average Bonchev–Trinajstić information content (AvgIpc) is 2.51. The summed E-state index contributed by atoms with van der Waals surface area (Å²) in [6.45, 7) is -0.285. The Hall–Kier alpha value is -2.21. The summed E-state index contributed by atoms with van der Waals surface area (Å²) in [4.78, 5) is 34.0. The number of hydrogen-bond acceptors (Lipinski definition) is 4. The van der Waals surface area contributed by atoms with Crippen LogP contribution in [0.1, 0.15) is 19.8 Å². The lowest BCUT2D eigenvalue weighted by molar-refractivity contribution is -0.173. The largest absolute Gasteiger partial charge is 0.471 e. The fourth-order valence-electron chi connectivity index (χ4n) is 1.50. The van der Waals surface area contributed by atoms with Crippen molar-refractivity contribution in [3.8, 4) is 0 Å². The SMILES string of the molecule is CCCCOC(=O)N(CCNC(=O)C(F)(F)F)CCNC(=O)C(F)(F)F. The minimum absolute atomic E-state index is 0.00958. The second-order valence-electron chi connectivity index (χ2n) is 4.96. The Morgan fingerprint density at radius 1 is 0.885 bits per heavy atom. The molecule has 0 aliphatic rings. The predicted octanol–water partition coefficient (Wildman–Crippen LogP) is 1.58. The van der Waals surface area contributed by atoms with Crippen LogP contribution in [0.2, 0.25) is 0 Å². The van der Waals surface area contributed by atoms with Crippen molar-refractivity contribution < 1.29 is 45.5 Å². The Balaban J connectivity index is 4.57. The molecule has 0 aromatic carbocycles. The second-order valence-corrected chi connectivity index (χ2v) is 4.96. The van der Waals surface area contributed by atoms with Crippen LogP contribution in [0.25, 0.3) is 0 Å². The van der Waals surface area contributed by atoms with Gasteiger partial charge in [-0.3, -0.25) is 9.59 Å². The third-order valence-corrected chi connectivity index (χ3v) is 2.83. The monoisotopic (exact) mass is 395 g/mol. The molecule has 0 aromatic heterocycles. The molecule has 0 radical (unpaired) electrons. The number of alkyl halides is 6. The molecule has 0 atom stereocenters. The van der Waals surface area contributed by atoms with Gasteiger partial charge in [0.15, 0.2) is 0 Å². The zero-order chi connectivity index (χ0) is 20.4. The molecule has 13 heteroatoms. The third kappa shape index (κ3) is 9.93. The smallest absolute Gasteiger partial charge is 0.449 e. The minimum atomic E-state index is -5.10. The Bertz CT molecular complexity index is 449. The van der Waals surface area contributed by atoms with Crippen LogP contribution in [-0.4, -0.2) is 67.9 Å². The number of carbonyl (C=O) groups excluding carboxylic acids is 3. The highest BCUT2D eigenvalue weighted by atomic mass is 19.4. The van der Waals surface area contributed by atoms with Crippen molar-refractivity contribution in [1.82, 2.24) is 15.5 Å². The van der Waals surface area contributed by atoms with Crippen molar-refractivity contribution in [3.63, 3.8) is 0 Å². The molecule has 0 unspecified atom stereocenters. The molecule has 152 valence electrons. The number of ether oxygens (including phenoxy) is 1. The van der Waals surface area contributed by atoms with Gasteiger partial charge in [0.25, 0.3) is 0 Å². The lowest BCUT2D eigenvalue weighted by Gasteiger charge is -2.22. The van der Waals surface area contributed by atoms with Crippen molar-refractivity contribution >= 4 is 17.9 Å². The van der Waals surface area contributed by atoms with E-state index in [4.69, 9.17) is 4.74 Å². The summed E-state index contributed by atoms with van der Waals surface area (Å²) in [5, 5.41) is 3.04. The molecule has 0 saturated heterocycles. The second kappa shape index (κ2) is 10.7. The lowest BCUT2D eigenvalue weighted by Crippen LogP contribution is -2.46. The number of unbranched alkanes of at least 4 members (excludes halogenated alkanes) is 1. The molecule has 0 aromatic rings. The van der Waals surface area contributed by atoms with Gasteiger partial charge in [0.05, 0.1) is 6.61 Å². The van der Waals surface area contributed by atoms with E-state index in [2.05, 4.69) is 0 Å². The average molecular weight is 395 g/mol. The number of hydrogen-bond donors (Lipinski definition) is 2. The zero-order valence-electron chi connectivity index (χ0n) is 13.8. The van der Waals surface area contributed by atoms with Crippen LogP contribution in [0, 0.1) is 0 Å². The van der Waals surface area contributed by atoms with Gasteiger partial charge in [0.2, 0.25) is 0 Å². The van der Waals surface area contributed by atoms with Crippen molar-refractivity contribution in [2.24, 2.45) is 0 Å². The minimum Gasteiger partial charge on any atom is -0.449 e. The van der Waals surface area contributed by atoms with E-state index in [0.717, 1.165) is 4.90 Å². The molecule has 0 heterocycles. The molecule has 0 bridgehead atoms. The third-order valence-electron chi connectivity index (χ3n) is 2.83. The van der Waals surface area contributed by atoms with E-state index >= 15 is 0 Å². The molecule has 0 saturated carbocycles. The van der Waals surface area contributed by atoms with E-state index in [-0.39, 0.29) is 6.61 Å². The van der Waals surface area contributed by atoms with Gasteiger partial charge in [-0.2, -0.15) is 26.3 Å². The predicted molar refractivity (Wildman–Crippen MR) is 76.0 cm³/mol. The maximum absolute atomic E-state index is 12.1. The molecule has 26 heavy (non-hydrogen) atoms. The first-order valence-electron chi connectivity index (χ1n) is 7.51. The molecular formula is C13H19F6N3O4. The molecular weight excluding hydrogens is 376 g/mol. The number of amides is 3. The summed E-state index contributed by atoms with van der Waals surface area (Å²) in [6, 6.07) is 0. The van der Waals surface area contributed by atoms with Crippen LogP contribution in [0.5, 0.6) is 0 Å². The Labute approximate surface area is 145 Å². The first-order chi connectivity index (χ1) is 11.9. The van der Waals surface area contributed by atoms with E-state index < -0.39 is 56.4 Å². The highest BCUT2D eigenvalue weighted by Gasteiger charge is 2.39. The first-order valence-corrected chi connectivity index (χ1v) is 7.51. The van der Waals surface area contributed by atoms with Gasteiger partial charge in [0, 0.05) is 26.2 Å². The Morgan fingerprint density at radius 2 is 1.31 bits per heavy atom. The van der Waals surface area contributed by atoms with Gasteiger partial charge in [-0.15, -0.1) is 0 Å². The number of nitrogens with one attached hydrogen (secondary N) is 2. The summed E-state index contributed by atoms with van der Waals surface area (Å²) < 4.78 is 77.2. The van der Waals surface area contributed by atoms with Crippen LogP contribution in [0.15, 0.2) is 0 Å². The lowest BCUT2D eigenvalue weighted by atomic mass is 10.4. The fraction of sp³-hybridized carbons (Fsp3) is 0.769. The number of rotatable bonds is 9. The highest BCUT2D eigenvalue weighted by molar-refractivity contribution is 5.82. The molecule has 0 rings (SSSR count). The van der Waals surface area contributed by atoms with Crippen molar-refractivity contribution in [2.75, 3.05) is 32.8 Å². The van der Waals surface area contributed by atoms with Gasteiger partial charge in [0.1, 0.15) is 0 Å². The standard InChI is InChI=1S/C13H19F6N3O4/c1-2-3-8-26-11(25)22(6-4-20-9(23)12(14,15)16)7-5-21-10(24)13(17,18)19/h2-8H2,1H3,(H,20,23)(H,21,24). The van der Waals surface area contributed by atoms with Gasteiger partial charge in [-0.05, 0) is 6.42 Å². The van der Waals surface area contributed by atoms with E-state index in [1.807, 2.05) is 6.92 Å². The van der Waals surface area contributed by atoms with Gasteiger partial charge < -0.3 is 20.3 Å². The number of halogens is 6. The van der Waals surface area contributed by atoms with Crippen molar-refractivity contribution in [1.29, 1.82) is 0 Å². The molecule has 7 nitrogen and oxygen atoms in total. The van der Waals surface area contributed by atoms with Crippen LogP contribution >= 0.6 is 0 Å². The number of nitrogens with zero attached hydrogens (tertiary/aromatic N) is 1. The Morgan fingerprint density at radius 3 is 1.65 bits per heavy atom. The van der Waals surface area contributed by atoms with Crippen molar-refractivity contribution in [3.05, 3.63) is 0 Å².